The molecular weight excluding hydrogens is 254 g/mol. The van der Waals surface area contributed by atoms with Crippen LogP contribution in [0.3, 0.4) is 0 Å². The zero-order valence-corrected chi connectivity index (χ0v) is 12.9. The lowest BCUT2D eigenvalue weighted by Gasteiger charge is -2.34. The van der Waals surface area contributed by atoms with Crippen LogP contribution in [0.4, 0.5) is 0 Å². The molecule has 1 aliphatic carbocycles. The summed E-state index contributed by atoms with van der Waals surface area (Å²) in [7, 11) is 0. The molecule has 1 aliphatic rings. The molecule has 1 saturated carbocycles. The maximum atomic E-state index is 6.41. The van der Waals surface area contributed by atoms with Gasteiger partial charge in [0.25, 0.3) is 0 Å². The van der Waals surface area contributed by atoms with Crippen molar-refractivity contribution in [2.24, 2.45) is 11.8 Å². The van der Waals surface area contributed by atoms with E-state index < -0.39 is 0 Å². The lowest BCUT2D eigenvalue weighted by Crippen LogP contribution is -2.32. The van der Waals surface area contributed by atoms with E-state index in [0.29, 0.717) is 6.04 Å². The summed E-state index contributed by atoms with van der Waals surface area (Å²) in [5.74, 6) is 1.59. The molecule has 0 spiro atoms. The van der Waals surface area contributed by atoms with Crippen molar-refractivity contribution < 1.29 is 0 Å². The fourth-order valence-electron chi connectivity index (χ4n) is 3.34. The van der Waals surface area contributed by atoms with Gasteiger partial charge < -0.3 is 5.32 Å². The molecule has 106 valence electrons. The van der Waals surface area contributed by atoms with Gasteiger partial charge in [-0.2, -0.15) is 0 Å². The Morgan fingerprint density at radius 3 is 2.79 bits per heavy atom. The van der Waals surface area contributed by atoms with E-state index in [1.807, 2.05) is 12.1 Å². The van der Waals surface area contributed by atoms with E-state index in [9.17, 15) is 0 Å². The highest BCUT2D eigenvalue weighted by atomic mass is 35.5. The minimum absolute atomic E-state index is 0.427. The van der Waals surface area contributed by atoms with Crippen molar-refractivity contribution in [1.82, 2.24) is 5.32 Å². The molecule has 0 saturated heterocycles. The van der Waals surface area contributed by atoms with Crippen LogP contribution in [-0.4, -0.2) is 6.54 Å². The molecule has 19 heavy (non-hydrogen) atoms. The van der Waals surface area contributed by atoms with Crippen molar-refractivity contribution >= 4 is 11.6 Å². The summed E-state index contributed by atoms with van der Waals surface area (Å²) in [6, 6.07) is 8.76. The number of hydrogen-bond donors (Lipinski definition) is 1. The highest BCUT2D eigenvalue weighted by molar-refractivity contribution is 6.31. The summed E-state index contributed by atoms with van der Waals surface area (Å²) >= 11 is 6.41. The number of halogens is 1. The molecular formula is C17H26ClN. The third-order valence-electron chi connectivity index (χ3n) is 4.30. The van der Waals surface area contributed by atoms with Crippen LogP contribution in [0.25, 0.3) is 0 Å². The zero-order chi connectivity index (χ0) is 13.7. The zero-order valence-electron chi connectivity index (χ0n) is 12.2. The van der Waals surface area contributed by atoms with Crippen LogP contribution < -0.4 is 5.32 Å². The first-order valence-electron chi connectivity index (χ1n) is 7.70. The molecule has 3 unspecified atom stereocenters. The second-order valence-corrected chi connectivity index (χ2v) is 6.39. The molecule has 1 nitrogen and oxygen atoms in total. The van der Waals surface area contributed by atoms with Crippen molar-refractivity contribution in [3.05, 3.63) is 34.9 Å². The van der Waals surface area contributed by atoms with Crippen LogP contribution in [0, 0.1) is 11.8 Å². The number of rotatable bonds is 5. The van der Waals surface area contributed by atoms with E-state index in [1.165, 1.54) is 37.7 Å². The maximum absolute atomic E-state index is 6.41. The Kier molecular flexibility index (Phi) is 5.72. The molecule has 0 heterocycles. The Balaban J connectivity index is 2.17. The van der Waals surface area contributed by atoms with Gasteiger partial charge in [-0.05, 0) is 49.3 Å². The smallest absolute Gasteiger partial charge is 0.0453 e. The lowest BCUT2D eigenvalue weighted by atomic mass is 9.76. The predicted molar refractivity (Wildman–Crippen MR) is 83.6 cm³/mol. The van der Waals surface area contributed by atoms with Crippen molar-refractivity contribution in [3.63, 3.8) is 0 Å². The lowest BCUT2D eigenvalue weighted by molar-refractivity contribution is 0.224. The Hall–Kier alpha value is -0.530. The Morgan fingerprint density at radius 2 is 2.11 bits per heavy atom. The topological polar surface area (TPSA) is 12.0 Å². The van der Waals surface area contributed by atoms with Crippen molar-refractivity contribution in [2.75, 3.05) is 6.54 Å². The van der Waals surface area contributed by atoms with Gasteiger partial charge in [0, 0.05) is 11.1 Å². The summed E-state index contributed by atoms with van der Waals surface area (Å²) < 4.78 is 0. The Bertz CT molecular complexity index is 391. The van der Waals surface area contributed by atoms with Gasteiger partial charge in [-0.3, -0.25) is 0 Å². The highest BCUT2D eigenvalue weighted by Gasteiger charge is 2.28. The highest BCUT2D eigenvalue weighted by Crippen LogP contribution is 2.39. The van der Waals surface area contributed by atoms with Crippen LogP contribution in [0.2, 0.25) is 5.02 Å². The average molecular weight is 280 g/mol. The summed E-state index contributed by atoms with van der Waals surface area (Å²) in [6.07, 6.45) is 6.58. The third-order valence-corrected chi connectivity index (χ3v) is 4.65. The second kappa shape index (κ2) is 7.31. The van der Waals surface area contributed by atoms with E-state index in [1.54, 1.807) is 0 Å². The van der Waals surface area contributed by atoms with Crippen molar-refractivity contribution in [2.45, 2.75) is 52.0 Å². The minimum atomic E-state index is 0.427. The summed E-state index contributed by atoms with van der Waals surface area (Å²) in [5, 5.41) is 4.64. The SMILES string of the molecule is CCCNC(c1ccccc1Cl)C1CCCC(C)C1. The van der Waals surface area contributed by atoms with Crippen LogP contribution in [0.1, 0.15) is 57.6 Å². The molecule has 2 rings (SSSR count). The number of benzene rings is 1. The molecule has 0 amide bonds. The molecule has 0 aromatic heterocycles. The van der Waals surface area contributed by atoms with E-state index in [4.69, 9.17) is 11.6 Å². The normalized spacial score (nSPS) is 25.2. The summed E-state index contributed by atoms with van der Waals surface area (Å²) in [5.41, 5.74) is 1.29. The first kappa shape index (κ1) is 14.9. The first-order valence-corrected chi connectivity index (χ1v) is 8.08. The third kappa shape index (κ3) is 3.97. The van der Waals surface area contributed by atoms with E-state index in [2.05, 4.69) is 31.3 Å². The van der Waals surface area contributed by atoms with Gasteiger partial charge >= 0.3 is 0 Å². The standard InChI is InChI=1S/C17H26ClN/c1-3-11-19-17(14-8-6-7-13(2)12-14)15-9-4-5-10-16(15)18/h4-5,9-10,13-14,17,19H,3,6-8,11-12H2,1-2H3. The predicted octanol–water partition coefficient (Wildman–Crippen LogP) is 5.21. The van der Waals surface area contributed by atoms with Crippen LogP contribution in [0.15, 0.2) is 24.3 Å². The molecule has 0 bridgehead atoms. The molecule has 0 radical (unpaired) electrons. The van der Waals surface area contributed by atoms with Gasteiger partial charge in [-0.1, -0.05) is 56.5 Å². The summed E-state index contributed by atoms with van der Waals surface area (Å²) in [4.78, 5) is 0. The fraction of sp³-hybridized carbons (Fsp3) is 0.647. The van der Waals surface area contributed by atoms with Crippen molar-refractivity contribution in [3.8, 4) is 0 Å². The average Bonchev–Trinajstić information content (AvgIpc) is 2.41. The molecule has 1 N–H and O–H groups in total. The van der Waals surface area contributed by atoms with Crippen molar-refractivity contribution in [1.29, 1.82) is 0 Å². The van der Waals surface area contributed by atoms with Gasteiger partial charge in [-0.15, -0.1) is 0 Å². The molecule has 1 aromatic carbocycles. The van der Waals surface area contributed by atoms with E-state index in [0.717, 1.165) is 23.4 Å². The molecule has 3 atom stereocenters. The van der Waals surface area contributed by atoms with Gasteiger partial charge in [0.05, 0.1) is 0 Å². The second-order valence-electron chi connectivity index (χ2n) is 5.99. The number of nitrogens with one attached hydrogen (secondary N) is 1. The quantitative estimate of drug-likeness (QED) is 0.780. The maximum Gasteiger partial charge on any atom is 0.0453 e. The monoisotopic (exact) mass is 279 g/mol. The van der Waals surface area contributed by atoms with Crippen LogP contribution in [-0.2, 0) is 0 Å². The van der Waals surface area contributed by atoms with Gasteiger partial charge in [0.2, 0.25) is 0 Å². The molecule has 0 aliphatic heterocycles. The fourth-order valence-corrected chi connectivity index (χ4v) is 3.59. The largest absolute Gasteiger partial charge is 0.310 e. The molecule has 1 fully saturated rings. The number of hydrogen-bond acceptors (Lipinski definition) is 1. The Labute approximate surface area is 122 Å². The van der Waals surface area contributed by atoms with Gasteiger partial charge in [0.15, 0.2) is 0 Å². The Morgan fingerprint density at radius 1 is 1.32 bits per heavy atom. The summed E-state index contributed by atoms with van der Waals surface area (Å²) in [6.45, 7) is 5.68. The van der Waals surface area contributed by atoms with Crippen LogP contribution in [0.5, 0.6) is 0 Å². The molecule has 2 heteroatoms. The first-order chi connectivity index (χ1) is 9.22. The van der Waals surface area contributed by atoms with Gasteiger partial charge in [-0.25, -0.2) is 0 Å². The minimum Gasteiger partial charge on any atom is -0.310 e. The van der Waals surface area contributed by atoms with E-state index in [-0.39, 0.29) is 0 Å². The van der Waals surface area contributed by atoms with E-state index >= 15 is 0 Å². The van der Waals surface area contributed by atoms with Gasteiger partial charge in [0.1, 0.15) is 0 Å². The van der Waals surface area contributed by atoms with Crippen LogP contribution >= 0.6 is 11.6 Å². The molecule has 1 aromatic rings.